The number of para-hydroxylation sites is 1. The molecule has 7 heteroatoms. The Balaban J connectivity index is 1.39. The molecule has 0 aliphatic heterocycles. The smallest absolute Gasteiger partial charge is 0.295 e. The number of carbonyl (C=O) groups is 2. The van der Waals surface area contributed by atoms with E-state index in [1.165, 1.54) is 0 Å². The van der Waals surface area contributed by atoms with Crippen LogP contribution < -0.4 is 10.6 Å². The molecule has 3 aromatic carbocycles. The third kappa shape index (κ3) is 4.27. The van der Waals surface area contributed by atoms with Crippen LogP contribution >= 0.6 is 0 Å². The van der Waals surface area contributed by atoms with Gasteiger partial charge in [-0.3, -0.25) is 9.59 Å². The van der Waals surface area contributed by atoms with Gasteiger partial charge in [-0.2, -0.15) is 0 Å². The number of nitrogens with zero attached hydrogens (tertiary/aromatic N) is 3. The fraction of sp³-hybridized carbons (Fsp3) is 0.120. The summed E-state index contributed by atoms with van der Waals surface area (Å²) in [5.74, 6) is 0.116. The quantitative estimate of drug-likeness (QED) is 0.489. The molecule has 1 fully saturated rings. The normalized spacial score (nSPS) is 12.9. The summed E-state index contributed by atoms with van der Waals surface area (Å²) in [7, 11) is 0. The molecule has 0 bridgehead atoms. The van der Waals surface area contributed by atoms with Crippen LogP contribution in [0.3, 0.4) is 0 Å². The third-order valence-corrected chi connectivity index (χ3v) is 5.16. The summed E-state index contributed by atoms with van der Waals surface area (Å²) >= 11 is 0. The second-order valence-electron chi connectivity index (χ2n) is 7.65. The van der Waals surface area contributed by atoms with Gasteiger partial charge in [-0.25, -0.2) is 9.67 Å². The standard InChI is InChI=1S/C25H21N5O2/c31-24(26-20-15-16-20)18-11-13-19(14-12-18)27-25(32)22-28-23(17-7-3-1-4-8-17)30(29-22)21-9-5-2-6-10-21/h1-14,20H,15-16H2,(H,26,31)(H,27,32). The summed E-state index contributed by atoms with van der Waals surface area (Å²) in [6, 6.07) is 26.3. The molecule has 158 valence electrons. The molecule has 1 aromatic heterocycles. The van der Waals surface area contributed by atoms with Gasteiger partial charge in [0.2, 0.25) is 5.82 Å². The van der Waals surface area contributed by atoms with E-state index in [1.54, 1.807) is 28.9 Å². The zero-order valence-corrected chi connectivity index (χ0v) is 17.2. The first-order valence-corrected chi connectivity index (χ1v) is 10.5. The average Bonchev–Trinajstić information content (AvgIpc) is 3.54. The molecule has 1 aliphatic carbocycles. The van der Waals surface area contributed by atoms with Crippen LogP contribution in [0.15, 0.2) is 84.9 Å². The minimum absolute atomic E-state index is 0.0586. The minimum atomic E-state index is -0.424. The third-order valence-electron chi connectivity index (χ3n) is 5.16. The first-order chi connectivity index (χ1) is 15.7. The van der Waals surface area contributed by atoms with Crippen LogP contribution in [-0.2, 0) is 0 Å². The van der Waals surface area contributed by atoms with Crippen LogP contribution in [0.4, 0.5) is 5.69 Å². The summed E-state index contributed by atoms with van der Waals surface area (Å²) in [4.78, 5) is 29.5. The molecule has 0 spiro atoms. The molecule has 0 unspecified atom stereocenters. The van der Waals surface area contributed by atoms with E-state index in [1.807, 2.05) is 60.7 Å². The largest absolute Gasteiger partial charge is 0.349 e. The maximum absolute atomic E-state index is 12.9. The second kappa shape index (κ2) is 8.47. The Kier molecular flexibility index (Phi) is 5.21. The Hall–Kier alpha value is -4.26. The molecular weight excluding hydrogens is 402 g/mol. The minimum Gasteiger partial charge on any atom is -0.349 e. The molecule has 32 heavy (non-hydrogen) atoms. The van der Waals surface area contributed by atoms with E-state index in [0.29, 0.717) is 23.1 Å². The van der Waals surface area contributed by atoms with Gasteiger partial charge < -0.3 is 10.6 Å². The van der Waals surface area contributed by atoms with Crippen LogP contribution in [0, 0.1) is 0 Å². The molecule has 0 atom stereocenters. The predicted octanol–water partition coefficient (Wildman–Crippen LogP) is 4.08. The average molecular weight is 423 g/mol. The highest BCUT2D eigenvalue weighted by Crippen LogP contribution is 2.22. The molecule has 1 aliphatic rings. The molecule has 2 N–H and O–H groups in total. The van der Waals surface area contributed by atoms with Crippen LogP contribution in [0.5, 0.6) is 0 Å². The molecule has 0 saturated heterocycles. The molecule has 1 saturated carbocycles. The first-order valence-electron chi connectivity index (χ1n) is 10.5. The van der Waals surface area contributed by atoms with Gasteiger partial charge in [-0.1, -0.05) is 48.5 Å². The maximum atomic E-state index is 12.9. The van der Waals surface area contributed by atoms with Crippen molar-refractivity contribution in [3.8, 4) is 17.1 Å². The van der Waals surface area contributed by atoms with Crippen molar-refractivity contribution in [3.63, 3.8) is 0 Å². The number of hydrogen-bond donors (Lipinski definition) is 2. The van der Waals surface area contributed by atoms with E-state index < -0.39 is 5.91 Å². The predicted molar refractivity (Wildman–Crippen MR) is 122 cm³/mol. The number of aromatic nitrogens is 3. The number of benzene rings is 3. The highest BCUT2D eigenvalue weighted by molar-refractivity contribution is 6.02. The SMILES string of the molecule is O=C(NC1CC1)c1ccc(NC(=O)c2nc(-c3ccccc3)n(-c3ccccc3)n2)cc1. The van der Waals surface area contributed by atoms with Crippen molar-refractivity contribution in [2.75, 3.05) is 5.32 Å². The van der Waals surface area contributed by atoms with Gasteiger partial charge in [0.25, 0.3) is 11.8 Å². The van der Waals surface area contributed by atoms with Crippen molar-refractivity contribution in [1.29, 1.82) is 0 Å². The maximum Gasteiger partial charge on any atom is 0.295 e. The lowest BCUT2D eigenvalue weighted by Gasteiger charge is -2.06. The highest BCUT2D eigenvalue weighted by Gasteiger charge is 2.24. The number of carbonyl (C=O) groups excluding carboxylic acids is 2. The van der Waals surface area contributed by atoms with E-state index >= 15 is 0 Å². The molecule has 5 rings (SSSR count). The van der Waals surface area contributed by atoms with Crippen LogP contribution in [0.25, 0.3) is 17.1 Å². The Morgan fingerprint density at radius 3 is 2.12 bits per heavy atom. The molecule has 4 aromatic rings. The lowest BCUT2D eigenvalue weighted by molar-refractivity contribution is 0.0950. The molecular formula is C25H21N5O2. The van der Waals surface area contributed by atoms with Crippen molar-refractivity contribution in [2.24, 2.45) is 0 Å². The lowest BCUT2D eigenvalue weighted by Crippen LogP contribution is -2.25. The topological polar surface area (TPSA) is 88.9 Å². The van der Waals surface area contributed by atoms with Gasteiger partial charge in [0.05, 0.1) is 5.69 Å². The van der Waals surface area contributed by atoms with Crippen molar-refractivity contribution >= 4 is 17.5 Å². The van der Waals surface area contributed by atoms with E-state index in [-0.39, 0.29) is 11.7 Å². The van der Waals surface area contributed by atoms with Crippen molar-refractivity contribution < 1.29 is 9.59 Å². The second-order valence-corrected chi connectivity index (χ2v) is 7.65. The molecule has 0 radical (unpaired) electrons. The van der Waals surface area contributed by atoms with Crippen molar-refractivity contribution in [1.82, 2.24) is 20.1 Å². The monoisotopic (exact) mass is 423 g/mol. The van der Waals surface area contributed by atoms with E-state index in [4.69, 9.17) is 0 Å². The zero-order valence-electron chi connectivity index (χ0n) is 17.2. The molecule has 1 heterocycles. The van der Waals surface area contributed by atoms with Crippen LogP contribution in [-0.4, -0.2) is 32.6 Å². The Labute approximate surface area is 185 Å². The summed E-state index contributed by atoms with van der Waals surface area (Å²) < 4.78 is 1.66. The molecule has 7 nitrogen and oxygen atoms in total. The van der Waals surface area contributed by atoms with Crippen molar-refractivity contribution in [3.05, 3.63) is 96.3 Å². The molecule has 2 amide bonds. The van der Waals surface area contributed by atoms with Gasteiger partial charge >= 0.3 is 0 Å². The Morgan fingerprint density at radius 2 is 1.47 bits per heavy atom. The first kappa shape index (κ1) is 19.7. The fourth-order valence-electron chi connectivity index (χ4n) is 3.32. The fourth-order valence-corrected chi connectivity index (χ4v) is 3.32. The van der Waals surface area contributed by atoms with Gasteiger partial charge in [0.1, 0.15) is 0 Å². The highest BCUT2D eigenvalue weighted by atomic mass is 16.2. The van der Waals surface area contributed by atoms with Crippen molar-refractivity contribution in [2.45, 2.75) is 18.9 Å². The Morgan fingerprint density at radius 1 is 0.812 bits per heavy atom. The summed E-state index contributed by atoms with van der Waals surface area (Å²) in [6.45, 7) is 0. The van der Waals surface area contributed by atoms with E-state index in [9.17, 15) is 9.59 Å². The zero-order chi connectivity index (χ0) is 21.9. The van der Waals surface area contributed by atoms with Gasteiger partial charge in [0.15, 0.2) is 5.82 Å². The number of nitrogens with one attached hydrogen (secondary N) is 2. The Bertz CT molecular complexity index is 1190. The number of rotatable bonds is 6. The van der Waals surface area contributed by atoms with Gasteiger partial charge in [-0.05, 0) is 49.2 Å². The lowest BCUT2D eigenvalue weighted by atomic mass is 10.2. The number of anilines is 1. The number of amides is 2. The van der Waals surface area contributed by atoms with Crippen LogP contribution in [0.2, 0.25) is 0 Å². The summed E-state index contributed by atoms with van der Waals surface area (Å²) in [5, 5.41) is 10.2. The van der Waals surface area contributed by atoms with E-state index in [0.717, 1.165) is 24.1 Å². The van der Waals surface area contributed by atoms with Crippen LogP contribution in [0.1, 0.15) is 33.8 Å². The van der Waals surface area contributed by atoms with Gasteiger partial charge in [0, 0.05) is 22.9 Å². The summed E-state index contributed by atoms with van der Waals surface area (Å²) in [5.41, 5.74) is 2.79. The van der Waals surface area contributed by atoms with E-state index in [2.05, 4.69) is 20.7 Å². The van der Waals surface area contributed by atoms with Gasteiger partial charge in [-0.15, -0.1) is 5.10 Å². The summed E-state index contributed by atoms with van der Waals surface area (Å²) in [6.07, 6.45) is 2.07. The number of hydrogen-bond acceptors (Lipinski definition) is 4.